The number of hydrogen-bond donors (Lipinski definition) is 2. The molecular formula is C18H28N2O3. The zero-order chi connectivity index (χ0) is 16.8. The van der Waals surface area contributed by atoms with Gasteiger partial charge in [-0.25, -0.2) is 0 Å². The van der Waals surface area contributed by atoms with Crippen molar-refractivity contribution in [3.8, 4) is 5.75 Å². The Hall–Kier alpha value is -1.75. The molecule has 0 spiro atoms. The second kappa shape index (κ2) is 8.20. The molecule has 0 unspecified atom stereocenters. The molecule has 0 amide bonds. The van der Waals surface area contributed by atoms with Gasteiger partial charge in [0.25, 0.3) is 0 Å². The number of ether oxygens (including phenoxy) is 1. The minimum absolute atomic E-state index is 0.179. The Labute approximate surface area is 138 Å². The van der Waals surface area contributed by atoms with Crippen LogP contribution in [0.25, 0.3) is 0 Å². The number of likely N-dealkylation sites (N-methyl/N-ethyl adjacent to an activating group) is 1. The molecule has 5 heteroatoms. The lowest BCUT2D eigenvalue weighted by Gasteiger charge is -2.28. The molecule has 0 atom stereocenters. The van der Waals surface area contributed by atoms with Crippen LogP contribution in [-0.2, 0) is 4.79 Å². The van der Waals surface area contributed by atoms with Gasteiger partial charge in [-0.15, -0.1) is 0 Å². The summed E-state index contributed by atoms with van der Waals surface area (Å²) in [5.74, 6) is 0.0422. The van der Waals surface area contributed by atoms with Crippen LogP contribution in [0.2, 0.25) is 0 Å². The molecule has 0 radical (unpaired) electrons. The van der Waals surface area contributed by atoms with E-state index in [0.717, 1.165) is 43.7 Å². The van der Waals surface area contributed by atoms with Crippen molar-refractivity contribution in [3.63, 3.8) is 0 Å². The molecule has 1 saturated carbocycles. The number of nitrogens with zero attached hydrogens (tertiary/aromatic N) is 1. The van der Waals surface area contributed by atoms with Crippen LogP contribution in [-0.4, -0.2) is 49.3 Å². The van der Waals surface area contributed by atoms with E-state index >= 15 is 0 Å². The van der Waals surface area contributed by atoms with Crippen molar-refractivity contribution in [2.24, 2.45) is 5.92 Å². The minimum Gasteiger partial charge on any atom is -0.490 e. The van der Waals surface area contributed by atoms with Gasteiger partial charge in [-0.05, 0) is 64.4 Å². The first-order valence-electron chi connectivity index (χ1n) is 8.33. The third-order valence-corrected chi connectivity index (χ3v) is 4.37. The van der Waals surface area contributed by atoms with E-state index in [2.05, 4.69) is 35.3 Å². The van der Waals surface area contributed by atoms with Gasteiger partial charge in [0.2, 0.25) is 0 Å². The number of carbonyl (C=O) groups is 1. The first-order chi connectivity index (χ1) is 11.0. The van der Waals surface area contributed by atoms with Crippen molar-refractivity contribution in [1.82, 2.24) is 4.90 Å². The molecule has 1 aliphatic rings. The first kappa shape index (κ1) is 17.6. The molecule has 1 aromatic carbocycles. The van der Waals surface area contributed by atoms with Gasteiger partial charge in [-0.2, -0.15) is 0 Å². The van der Waals surface area contributed by atoms with Crippen molar-refractivity contribution in [3.05, 3.63) is 23.8 Å². The Kier molecular flexibility index (Phi) is 6.28. The average molecular weight is 320 g/mol. The van der Waals surface area contributed by atoms with Crippen LogP contribution < -0.4 is 10.1 Å². The molecular weight excluding hydrogens is 292 g/mol. The Morgan fingerprint density at radius 2 is 2.00 bits per heavy atom. The Bertz CT molecular complexity index is 523. The highest BCUT2D eigenvalue weighted by Gasteiger charge is 2.26. The fraction of sp³-hybridized carbons (Fsp3) is 0.611. The lowest BCUT2D eigenvalue weighted by atomic mass is 9.86. The van der Waals surface area contributed by atoms with Crippen LogP contribution >= 0.6 is 0 Å². The lowest BCUT2D eigenvalue weighted by Crippen LogP contribution is -2.29. The molecule has 128 valence electrons. The first-order valence-corrected chi connectivity index (χ1v) is 8.33. The number of nitrogens with one attached hydrogen (secondary N) is 1. The second-order valence-electron chi connectivity index (χ2n) is 6.68. The number of hydrogen-bond acceptors (Lipinski definition) is 4. The fourth-order valence-electron chi connectivity index (χ4n) is 2.91. The lowest BCUT2D eigenvalue weighted by molar-refractivity contribution is -0.142. The normalized spacial score (nSPS) is 21.2. The van der Waals surface area contributed by atoms with Crippen molar-refractivity contribution in [2.45, 2.75) is 38.6 Å². The van der Waals surface area contributed by atoms with Crippen LogP contribution in [0.4, 0.5) is 5.69 Å². The summed E-state index contributed by atoms with van der Waals surface area (Å²) >= 11 is 0. The molecule has 0 saturated heterocycles. The van der Waals surface area contributed by atoms with Crippen LogP contribution in [0.15, 0.2) is 18.2 Å². The smallest absolute Gasteiger partial charge is 0.306 e. The van der Waals surface area contributed by atoms with Crippen molar-refractivity contribution in [1.29, 1.82) is 0 Å². The third kappa shape index (κ3) is 5.43. The number of carboxylic acid groups (broad SMARTS) is 1. The van der Waals surface area contributed by atoms with E-state index in [1.807, 2.05) is 14.1 Å². The predicted octanol–water partition coefficient (Wildman–Crippen LogP) is 2.99. The molecule has 0 bridgehead atoms. The molecule has 23 heavy (non-hydrogen) atoms. The summed E-state index contributed by atoms with van der Waals surface area (Å²) in [6.45, 7) is 3.58. The maximum atomic E-state index is 11.0. The summed E-state index contributed by atoms with van der Waals surface area (Å²) < 4.78 is 5.93. The van der Waals surface area contributed by atoms with Gasteiger partial charge >= 0.3 is 5.97 Å². The van der Waals surface area contributed by atoms with Gasteiger partial charge in [0.15, 0.2) is 0 Å². The van der Waals surface area contributed by atoms with E-state index in [-0.39, 0.29) is 5.92 Å². The average Bonchev–Trinajstić information content (AvgIpc) is 2.50. The van der Waals surface area contributed by atoms with E-state index in [4.69, 9.17) is 9.84 Å². The van der Waals surface area contributed by atoms with E-state index < -0.39 is 5.97 Å². The highest BCUT2D eigenvalue weighted by atomic mass is 16.5. The monoisotopic (exact) mass is 320 g/mol. The quantitative estimate of drug-likeness (QED) is 0.809. The molecule has 0 aromatic heterocycles. The van der Waals surface area contributed by atoms with E-state index in [9.17, 15) is 4.79 Å². The molecule has 2 rings (SSSR count). The highest BCUT2D eigenvalue weighted by molar-refractivity contribution is 5.70. The Morgan fingerprint density at radius 1 is 1.30 bits per heavy atom. The van der Waals surface area contributed by atoms with E-state index in [0.29, 0.717) is 12.6 Å². The molecule has 1 aliphatic carbocycles. The highest BCUT2D eigenvalue weighted by Crippen LogP contribution is 2.31. The summed E-state index contributed by atoms with van der Waals surface area (Å²) in [7, 11) is 4.05. The SMILES string of the molecule is Cc1ccc(NC2CCC(C(=O)O)CC2)c(OCCN(C)C)c1. The van der Waals surface area contributed by atoms with Gasteiger partial charge in [-0.1, -0.05) is 6.07 Å². The standard InChI is InChI=1S/C18H28N2O3/c1-13-4-9-16(17(12-13)23-11-10-20(2)3)19-15-7-5-14(6-8-15)18(21)22/h4,9,12,14-15,19H,5-8,10-11H2,1-3H3,(H,21,22). The predicted molar refractivity (Wildman–Crippen MR) is 92.2 cm³/mol. The topological polar surface area (TPSA) is 61.8 Å². The molecule has 2 N–H and O–H groups in total. The number of rotatable bonds is 7. The maximum Gasteiger partial charge on any atom is 0.306 e. The van der Waals surface area contributed by atoms with Crippen molar-refractivity contribution >= 4 is 11.7 Å². The van der Waals surface area contributed by atoms with Gasteiger partial charge in [0.1, 0.15) is 12.4 Å². The number of benzene rings is 1. The van der Waals surface area contributed by atoms with Gasteiger partial charge in [-0.3, -0.25) is 4.79 Å². The van der Waals surface area contributed by atoms with E-state index in [1.54, 1.807) is 0 Å². The molecule has 0 heterocycles. The number of carboxylic acids is 1. The van der Waals surface area contributed by atoms with Gasteiger partial charge in [0, 0.05) is 12.6 Å². The van der Waals surface area contributed by atoms with Crippen molar-refractivity contribution in [2.75, 3.05) is 32.6 Å². The van der Waals surface area contributed by atoms with Crippen LogP contribution in [0.1, 0.15) is 31.2 Å². The van der Waals surface area contributed by atoms with Crippen LogP contribution in [0.5, 0.6) is 5.75 Å². The number of aliphatic carboxylic acids is 1. The van der Waals surface area contributed by atoms with Crippen LogP contribution in [0.3, 0.4) is 0 Å². The zero-order valence-corrected chi connectivity index (χ0v) is 14.3. The third-order valence-electron chi connectivity index (χ3n) is 4.37. The largest absolute Gasteiger partial charge is 0.490 e. The zero-order valence-electron chi connectivity index (χ0n) is 14.3. The Morgan fingerprint density at radius 3 is 2.61 bits per heavy atom. The summed E-state index contributed by atoms with van der Waals surface area (Å²) in [5.41, 5.74) is 2.18. The van der Waals surface area contributed by atoms with E-state index in [1.165, 1.54) is 5.56 Å². The molecule has 1 aromatic rings. The maximum absolute atomic E-state index is 11.0. The van der Waals surface area contributed by atoms with Crippen molar-refractivity contribution < 1.29 is 14.6 Å². The number of anilines is 1. The van der Waals surface area contributed by atoms with Gasteiger partial charge < -0.3 is 20.1 Å². The summed E-state index contributed by atoms with van der Waals surface area (Å²) in [5, 5.41) is 12.6. The molecule has 0 aliphatic heterocycles. The minimum atomic E-state index is -0.661. The van der Waals surface area contributed by atoms with Crippen LogP contribution in [0, 0.1) is 12.8 Å². The summed E-state index contributed by atoms with van der Waals surface area (Å²) in [6.07, 6.45) is 3.27. The Balaban J connectivity index is 1.95. The molecule has 1 fully saturated rings. The fourth-order valence-corrected chi connectivity index (χ4v) is 2.91. The van der Waals surface area contributed by atoms with Gasteiger partial charge in [0.05, 0.1) is 11.6 Å². The molecule has 5 nitrogen and oxygen atoms in total. The second-order valence-corrected chi connectivity index (χ2v) is 6.68. The summed E-state index contributed by atoms with van der Waals surface area (Å²) in [4.78, 5) is 13.1. The number of aryl methyl sites for hydroxylation is 1. The summed E-state index contributed by atoms with van der Waals surface area (Å²) in [6, 6.07) is 6.51.